The first kappa shape index (κ1) is 20.1. The van der Waals surface area contributed by atoms with Gasteiger partial charge in [0.2, 0.25) is 0 Å². The van der Waals surface area contributed by atoms with Crippen molar-refractivity contribution in [3.05, 3.63) is 52.9 Å². The molecule has 152 valence electrons. The highest BCUT2D eigenvalue weighted by Crippen LogP contribution is 2.17. The third-order valence-electron chi connectivity index (χ3n) is 4.29. The Morgan fingerprint density at radius 2 is 2.00 bits per heavy atom. The number of furan rings is 1. The standard InChI is InChI=1S/C19H21N5O5/c1-11-9-16-20-12(2)14(13(3)24(16)23-11)6-7-18(26)29-10-17(25)21-22-19(27)15-5-4-8-28-15/h4-5,8-9H,6-7,10H2,1-3H3,(H,21,25)(H,22,27). The van der Waals surface area contributed by atoms with Gasteiger partial charge in [0.1, 0.15) is 0 Å². The summed E-state index contributed by atoms with van der Waals surface area (Å²) in [5.41, 5.74) is 8.57. The van der Waals surface area contributed by atoms with E-state index in [1.165, 1.54) is 12.3 Å². The number of esters is 1. The molecule has 0 fully saturated rings. The van der Waals surface area contributed by atoms with Gasteiger partial charge in [-0.05, 0) is 44.9 Å². The van der Waals surface area contributed by atoms with E-state index < -0.39 is 24.4 Å². The average Bonchev–Trinajstić information content (AvgIpc) is 3.33. The summed E-state index contributed by atoms with van der Waals surface area (Å²) in [5.74, 6) is -1.77. The Kier molecular flexibility index (Phi) is 5.91. The summed E-state index contributed by atoms with van der Waals surface area (Å²) in [7, 11) is 0. The van der Waals surface area contributed by atoms with Crippen LogP contribution in [0.1, 0.15) is 39.6 Å². The zero-order valence-corrected chi connectivity index (χ0v) is 16.3. The molecule has 3 heterocycles. The molecule has 0 radical (unpaired) electrons. The SMILES string of the molecule is Cc1cc2nc(C)c(CCC(=O)OCC(=O)NNC(=O)c3ccco3)c(C)n2n1. The number of carbonyl (C=O) groups excluding carboxylic acids is 3. The lowest BCUT2D eigenvalue weighted by Gasteiger charge is -2.11. The van der Waals surface area contributed by atoms with Crippen molar-refractivity contribution >= 4 is 23.4 Å². The van der Waals surface area contributed by atoms with E-state index in [4.69, 9.17) is 9.15 Å². The van der Waals surface area contributed by atoms with Crippen molar-refractivity contribution in [2.24, 2.45) is 0 Å². The van der Waals surface area contributed by atoms with E-state index in [0.29, 0.717) is 6.42 Å². The number of hydrazine groups is 1. The van der Waals surface area contributed by atoms with Crippen LogP contribution in [0, 0.1) is 20.8 Å². The van der Waals surface area contributed by atoms with Gasteiger partial charge in [0.15, 0.2) is 18.0 Å². The molecular formula is C19H21N5O5. The molecule has 0 spiro atoms. The maximum absolute atomic E-state index is 12.0. The Labute approximate surface area is 166 Å². The topological polar surface area (TPSA) is 128 Å². The number of carbonyl (C=O) groups is 3. The lowest BCUT2D eigenvalue weighted by Crippen LogP contribution is -2.43. The molecule has 10 nitrogen and oxygen atoms in total. The van der Waals surface area contributed by atoms with Gasteiger partial charge in [0.25, 0.3) is 5.91 Å². The molecule has 0 aromatic carbocycles. The molecule has 2 amide bonds. The number of rotatable bonds is 6. The van der Waals surface area contributed by atoms with Gasteiger partial charge in [0, 0.05) is 23.9 Å². The van der Waals surface area contributed by atoms with Crippen molar-refractivity contribution < 1.29 is 23.5 Å². The highest BCUT2D eigenvalue weighted by atomic mass is 16.5. The molecule has 0 aliphatic rings. The van der Waals surface area contributed by atoms with Crippen LogP contribution in [0.5, 0.6) is 0 Å². The van der Waals surface area contributed by atoms with E-state index in [1.807, 2.05) is 26.8 Å². The first-order valence-corrected chi connectivity index (χ1v) is 8.96. The summed E-state index contributed by atoms with van der Waals surface area (Å²) >= 11 is 0. The van der Waals surface area contributed by atoms with Gasteiger partial charge < -0.3 is 9.15 Å². The second-order valence-electron chi connectivity index (χ2n) is 6.46. The van der Waals surface area contributed by atoms with Gasteiger partial charge in [-0.15, -0.1) is 0 Å². The maximum atomic E-state index is 12.0. The second-order valence-corrected chi connectivity index (χ2v) is 6.46. The van der Waals surface area contributed by atoms with Gasteiger partial charge in [-0.2, -0.15) is 5.10 Å². The molecule has 29 heavy (non-hydrogen) atoms. The fourth-order valence-electron chi connectivity index (χ4n) is 2.88. The van der Waals surface area contributed by atoms with Gasteiger partial charge in [-0.3, -0.25) is 25.2 Å². The number of fused-ring (bicyclic) bond motifs is 1. The molecule has 0 unspecified atom stereocenters. The average molecular weight is 399 g/mol. The minimum absolute atomic E-state index is 0.0472. The van der Waals surface area contributed by atoms with Gasteiger partial charge in [-0.25, -0.2) is 9.50 Å². The van der Waals surface area contributed by atoms with E-state index in [1.54, 1.807) is 10.6 Å². The minimum Gasteiger partial charge on any atom is -0.459 e. The van der Waals surface area contributed by atoms with Crippen molar-refractivity contribution in [2.45, 2.75) is 33.6 Å². The molecule has 0 atom stereocenters. The van der Waals surface area contributed by atoms with Crippen LogP contribution in [0.25, 0.3) is 5.65 Å². The zero-order chi connectivity index (χ0) is 21.0. The van der Waals surface area contributed by atoms with Crippen molar-refractivity contribution in [1.82, 2.24) is 25.4 Å². The number of ether oxygens (including phenoxy) is 1. The number of aryl methyl sites for hydroxylation is 3. The van der Waals surface area contributed by atoms with E-state index in [2.05, 4.69) is 20.9 Å². The Bertz CT molecular complexity index is 1050. The number of aromatic nitrogens is 3. The van der Waals surface area contributed by atoms with Crippen LogP contribution in [-0.4, -0.2) is 39.0 Å². The van der Waals surface area contributed by atoms with Crippen LogP contribution in [0.15, 0.2) is 28.9 Å². The Morgan fingerprint density at radius 1 is 1.21 bits per heavy atom. The summed E-state index contributed by atoms with van der Waals surface area (Å²) in [5, 5.41) is 4.40. The highest BCUT2D eigenvalue weighted by Gasteiger charge is 2.15. The summed E-state index contributed by atoms with van der Waals surface area (Å²) in [6, 6.07) is 4.88. The predicted octanol–water partition coefficient (Wildman–Crippen LogP) is 1.18. The number of hydrogen-bond acceptors (Lipinski definition) is 7. The lowest BCUT2D eigenvalue weighted by molar-refractivity contribution is -0.148. The zero-order valence-electron chi connectivity index (χ0n) is 16.3. The van der Waals surface area contributed by atoms with Gasteiger partial charge in [0.05, 0.1) is 12.0 Å². The minimum atomic E-state index is -0.666. The number of nitrogens with zero attached hydrogens (tertiary/aromatic N) is 3. The van der Waals surface area contributed by atoms with Crippen LogP contribution >= 0.6 is 0 Å². The molecule has 10 heteroatoms. The third-order valence-corrected chi connectivity index (χ3v) is 4.29. The van der Waals surface area contributed by atoms with Crippen molar-refractivity contribution in [3.63, 3.8) is 0 Å². The maximum Gasteiger partial charge on any atom is 0.306 e. The van der Waals surface area contributed by atoms with Crippen molar-refractivity contribution in [1.29, 1.82) is 0 Å². The summed E-state index contributed by atoms with van der Waals surface area (Å²) in [6.45, 7) is 5.18. The van der Waals surface area contributed by atoms with Crippen LogP contribution in [0.2, 0.25) is 0 Å². The van der Waals surface area contributed by atoms with E-state index in [9.17, 15) is 14.4 Å². The van der Waals surface area contributed by atoms with Crippen LogP contribution in [-0.2, 0) is 20.7 Å². The Balaban J connectivity index is 1.47. The van der Waals surface area contributed by atoms with E-state index in [-0.39, 0.29) is 12.2 Å². The molecule has 3 aromatic heterocycles. The molecular weight excluding hydrogens is 378 g/mol. The molecule has 0 aliphatic heterocycles. The normalized spacial score (nSPS) is 10.7. The monoisotopic (exact) mass is 399 g/mol. The quantitative estimate of drug-likeness (QED) is 0.471. The predicted molar refractivity (Wildman–Crippen MR) is 101 cm³/mol. The first-order valence-electron chi connectivity index (χ1n) is 8.96. The van der Waals surface area contributed by atoms with Crippen LogP contribution in [0.3, 0.4) is 0 Å². The molecule has 2 N–H and O–H groups in total. The molecule has 3 aromatic rings. The number of hydrogen-bond donors (Lipinski definition) is 2. The highest BCUT2D eigenvalue weighted by molar-refractivity contribution is 5.93. The smallest absolute Gasteiger partial charge is 0.306 e. The fraction of sp³-hybridized carbons (Fsp3) is 0.316. The number of amides is 2. The molecule has 0 saturated heterocycles. The molecule has 0 bridgehead atoms. The molecule has 0 saturated carbocycles. The Hall–Kier alpha value is -3.69. The molecule has 0 aliphatic carbocycles. The summed E-state index contributed by atoms with van der Waals surface area (Å²) < 4.78 is 11.6. The number of nitrogens with one attached hydrogen (secondary N) is 2. The van der Waals surface area contributed by atoms with Crippen molar-refractivity contribution in [3.8, 4) is 0 Å². The van der Waals surface area contributed by atoms with Gasteiger partial charge in [-0.1, -0.05) is 0 Å². The van der Waals surface area contributed by atoms with Crippen molar-refractivity contribution in [2.75, 3.05) is 6.61 Å². The second kappa shape index (κ2) is 8.55. The van der Waals surface area contributed by atoms with Gasteiger partial charge >= 0.3 is 11.9 Å². The van der Waals surface area contributed by atoms with Crippen LogP contribution < -0.4 is 10.9 Å². The first-order chi connectivity index (χ1) is 13.8. The van der Waals surface area contributed by atoms with E-state index >= 15 is 0 Å². The largest absolute Gasteiger partial charge is 0.459 e. The van der Waals surface area contributed by atoms with Crippen LogP contribution in [0.4, 0.5) is 0 Å². The third kappa shape index (κ3) is 4.78. The Morgan fingerprint density at radius 3 is 2.72 bits per heavy atom. The van der Waals surface area contributed by atoms with E-state index in [0.717, 1.165) is 28.3 Å². The summed E-state index contributed by atoms with van der Waals surface area (Å²) in [4.78, 5) is 39.8. The summed E-state index contributed by atoms with van der Waals surface area (Å²) in [6.07, 6.45) is 1.83. The fourth-order valence-corrected chi connectivity index (χ4v) is 2.88. The lowest BCUT2D eigenvalue weighted by atomic mass is 10.1. The molecule has 3 rings (SSSR count).